The number of halogens is 1. The molecule has 4 heteroatoms. The molecule has 0 fully saturated rings. The Labute approximate surface area is 108 Å². The van der Waals surface area contributed by atoms with Crippen molar-refractivity contribution >= 4 is 27.3 Å². The molecule has 2 rings (SSSR count). The van der Waals surface area contributed by atoms with E-state index in [9.17, 15) is 0 Å². The topological polar surface area (TPSA) is 25.2 Å². The lowest BCUT2D eigenvalue weighted by Crippen LogP contribution is -2.22. The molecule has 16 heavy (non-hydrogen) atoms. The number of thiophene rings is 1. The first-order valence-corrected chi connectivity index (χ1v) is 6.96. The molecule has 0 aliphatic rings. The minimum absolute atomic E-state index is 0.332. The van der Waals surface area contributed by atoms with Crippen LogP contribution in [0.4, 0.5) is 0 Å². The largest absolute Gasteiger partial charge is 0.469 e. The van der Waals surface area contributed by atoms with E-state index < -0.39 is 0 Å². The zero-order valence-corrected chi connectivity index (χ0v) is 11.5. The Kier molecular flexibility index (Phi) is 4.21. The number of likely N-dealkylation sites (N-methyl/N-ethyl adjacent to an activating group) is 1. The number of hydrogen-bond donors (Lipinski definition) is 1. The van der Waals surface area contributed by atoms with Crippen molar-refractivity contribution in [1.29, 1.82) is 0 Å². The third-order valence-corrected chi connectivity index (χ3v) is 3.95. The fraction of sp³-hybridized carbons (Fsp3) is 0.333. The van der Waals surface area contributed by atoms with E-state index in [1.165, 1.54) is 9.35 Å². The van der Waals surface area contributed by atoms with Gasteiger partial charge in [-0.25, -0.2) is 0 Å². The lowest BCUT2D eigenvalue weighted by atomic mass is 10.1. The Morgan fingerprint density at radius 3 is 3.00 bits per heavy atom. The minimum atomic E-state index is 0.332. The first-order valence-electron chi connectivity index (χ1n) is 5.29. The third-order valence-electron chi connectivity index (χ3n) is 2.43. The summed E-state index contributed by atoms with van der Waals surface area (Å²) in [5.41, 5.74) is 1.31. The van der Waals surface area contributed by atoms with Crippen LogP contribution in [0, 0.1) is 0 Å². The monoisotopic (exact) mass is 299 g/mol. The van der Waals surface area contributed by atoms with Crippen LogP contribution in [-0.4, -0.2) is 6.54 Å². The average molecular weight is 300 g/mol. The van der Waals surface area contributed by atoms with Gasteiger partial charge in [0.25, 0.3) is 0 Å². The molecule has 0 aromatic carbocycles. The highest BCUT2D eigenvalue weighted by Gasteiger charge is 2.13. The molecule has 1 N–H and O–H groups in total. The van der Waals surface area contributed by atoms with E-state index in [4.69, 9.17) is 4.42 Å². The van der Waals surface area contributed by atoms with Gasteiger partial charge in [-0.15, -0.1) is 11.3 Å². The van der Waals surface area contributed by atoms with Gasteiger partial charge in [0.05, 0.1) is 10.0 Å². The molecule has 86 valence electrons. The summed E-state index contributed by atoms with van der Waals surface area (Å²) in [7, 11) is 0. The molecule has 1 unspecified atom stereocenters. The van der Waals surface area contributed by atoms with Gasteiger partial charge in [0.2, 0.25) is 0 Å². The summed E-state index contributed by atoms with van der Waals surface area (Å²) in [6, 6.07) is 6.45. The van der Waals surface area contributed by atoms with Crippen molar-refractivity contribution in [3.05, 3.63) is 45.0 Å². The second kappa shape index (κ2) is 5.66. The molecule has 2 nitrogen and oxygen atoms in total. The Bertz CT molecular complexity index is 424. The maximum Gasteiger partial charge on any atom is 0.105 e. The van der Waals surface area contributed by atoms with Crippen LogP contribution >= 0.6 is 27.3 Å². The van der Waals surface area contributed by atoms with Crippen LogP contribution in [0.1, 0.15) is 24.3 Å². The molecule has 2 heterocycles. The lowest BCUT2D eigenvalue weighted by Gasteiger charge is -2.15. The van der Waals surface area contributed by atoms with Crippen LogP contribution in [0.3, 0.4) is 0 Å². The minimum Gasteiger partial charge on any atom is -0.469 e. The summed E-state index contributed by atoms with van der Waals surface area (Å²) in [5, 5.41) is 5.66. The number of nitrogens with one attached hydrogen (secondary N) is 1. The summed E-state index contributed by atoms with van der Waals surface area (Å²) in [5.74, 6) is 1.02. The van der Waals surface area contributed by atoms with Crippen LogP contribution in [0.15, 0.2) is 38.0 Å². The van der Waals surface area contributed by atoms with Gasteiger partial charge in [0, 0.05) is 12.5 Å². The molecule has 0 spiro atoms. The Balaban J connectivity index is 2.11. The summed E-state index contributed by atoms with van der Waals surface area (Å²) >= 11 is 5.21. The van der Waals surface area contributed by atoms with E-state index in [1.807, 2.05) is 12.1 Å². The fourth-order valence-electron chi connectivity index (χ4n) is 1.69. The smallest absolute Gasteiger partial charge is 0.105 e. The zero-order valence-electron chi connectivity index (χ0n) is 9.07. The Hall–Kier alpha value is -0.580. The van der Waals surface area contributed by atoms with E-state index in [0.29, 0.717) is 6.04 Å². The second-order valence-corrected chi connectivity index (χ2v) is 5.87. The van der Waals surface area contributed by atoms with Gasteiger partial charge in [-0.1, -0.05) is 6.92 Å². The SMILES string of the molecule is CCNC(Cc1ccco1)c1csc(Br)c1. The van der Waals surface area contributed by atoms with Gasteiger partial charge in [0.15, 0.2) is 0 Å². The predicted molar refractivity (Wildman–Crippen MR) is 70.8 cm³/mol. The van der Waals surface area contributed by atoms with Crippen molar-refractivity contribution in [3.8, 4) is 0 Å². The highest BCUT2D eigenvalue weighted by Crippen LogP contribution is 2.27. The maximum atomic E-state index is 5.39. The standard InChI is InChI=1S/C12H14BrNOS/c1-2-14-11(7-10-4-3-5-15-10)9-6-12(13)16-8-9/h3-6,8,11,14H,2,7H2,1H3. The Morgan fingerprint density at radius 1 is 1.56 bits per heavy atom. The van der Waals surface area contributed by atoms with E-state index in [-0.39, 0.29) is 0 Å². The second-order valence-electron chi connectivity index (χ2n) is 3.58. The summed E-state index contributed by atoms with van der Waals surface area (Å²) in [6.07, 6.45) is 2.62. The van der Waals surface area contributed by atoms with Crippen LogP contribution in [0.5, 0.6) is 0 Å². The van der Waals surface area contributed by atoms with Crippen molar-refractivity contribution < 1.29 is 4.42 Å². The normalized spacial score (nSPS) is 12.9. The van der Waals surface area contributed by atoms with E-state index >= 15 is 0 Å². The summed E-state index contributed by atoms with van der Waals surface area (Å²) < 4.78 is 6.56. The molecular formula is C12H14BrNOS. The molecule has 0 aliphatic carbocycles. The van der Waals surface area contributed by atoms with Crippen LogP contribution in [0.25, 0.3) is 0 Å². The van der Waals surface area contributed by atoms with Gasteiger partial charge in [-0.3, -0.25) is 0 Å². The van der Waals surface area contributed by atoms with E-state index in [0.717, 1.165) is 18.7 Å². The molecule has 1 atom stereocenters. The van der Waals surface area contributed by atoms with E-state index in [2.05, 4.69) is 39.6 Å². The molecule has 0 saturated carbocycles. The van der Waals surface area contributed by atoms with Gasteiger partial charge in [-0.2, -0.15) is 0 Å². The first kappa shape index (κ1) is 11.9. The lowest BCUT2D eigenvalue weighted by molar-refractivity contribution is 0.455. The number of rotatable bonds is 5. The van der Waals surface area contributed by atoms with Crippen LogP contribution in [-0.2, 0) is 6.42 Å². The Morgan fingerprint density at radius 2 is 2.44 bits per heavy atom. The van der Waals surface area contributed by atoms with Crippen molar-refractivity contribution in [2.24, 2.45) is 0 Å². The van der Waals surface area contributed by atoms with Crippen LogP contribution < -0.4 is 5.32 Å². The van der Waals surface area contributed by atoms with Crippen molar-refractivity contribution in [3.63, 3.8) is 0 Å². The number of hydrogen-bond acceptors (Lipinski definition) is 3. The van der Waals surface area contributed by atoms with Gasteiger partial charge in [0.1, 0.15) is 5.76 Å². The third kappa shape index (κ3) is 2.97. The van der Waals surface area contributed by atoms with Gasteiger partial charge in [-0.05, 0) is 51.6 Å². The quantitative estimate of drug-likeness (QED) is 0.903. The average Bonchev–Trinajstić information content (AvgIpc) is 2.88. The molecule has 0 amide bonds. The molecule has 2 aromatic rings. The van der Waals surface area contributed by atoms with E-state index in [1.54, 1.807) is 17.6 Å². The highest BCUT2D eigenvalue weighted by molar-refractivity contribution is 9.11. The van der Waals surface area contributed by atoms with Gasteiger partial charge < -0.3 is 9.73 Å². The summed E-state index contributed by atoms with van der Waals surface area (Å²) in [4.78, 5) is 0. The van der Waals surface area contributed by atoms with Crippen molar-refractivity contribution in [2.45, 2.75) is 19.4 Å². The van der Waals surface area contributed by atoms with Crippen LogP contribution in [0.2, 0.25) is 0 Å². The molecule has 0 aliphatic heterocycles. The maximum absolute atomic E-state index is 5.39. The number of furan rings is 1. The molecule has 0 saturated heterocycles. The molecule has 0 radical (unpaired) electrons. The molecule has 0 bridgehead atoms. The van der Waals surface area contributed by atoms with Gasteiger partial charge >= 0.3 is 0 Å². The fourth-order valence-corrected chi connectivity index (χ4v) is 2.92. The summed E-state index contributed by atoms with van der Waals surface area (Å²) in [6.45, 7) is 3.08. The van der Waals surface area contributed by atoms with Crippen molar-refractivity contribution in [1.82, 2.24) is 5.32 Å². The first-order chi connectivity index (χ1) is 7.79. The highest BCUT2D eigenvalue weighted by atomic mass is 79.9. The predicted octanol–water partition coefficient (Wildman–Crippen LogP) is 4.00. The van der Waals surface area contributed by atoms with Crippen molar-refractivity contribution in [2.75, 3.05) is 6.54 Å². The molecule has 2 aromatic heterocycles. The molecular weight excluding hydrogens is 286 g/mol. The zero-order chi connectivity index (χ0) is 11.4.